The fourth-order valence-electron chi connectivity index (χ4n) is 2.00. The van der Waals surface area contributed by atoms with Gasteiger partial charge in [0, 0.05) is 22.9 Å². The van der Waals surface area contributed by atoms with Gasteiger partial charge in [-0.05, 0) is 31.9 Å². The summed E-state index contributed by atoms with van der Waals surface area (Å²) in [6, 6.07) is 3.57. The fourth-order valence-corrected chi connectivity index (χ4v) is 2.97. The van der Waals surface area contributed by atoms with E-state index in [4.69, 9.17) is 10.5 Å². The van der Waals surface area contributed by atoms with Crippen molar-refractivity contribution in [1.29, 1.82) is 0 Å². The number of rotatable bonds is 5. The molecule has 1 aromatic rings. The van der Waals surface area contributed by atoms with Crippen molar-refractivity contribution in [1.82, 2.24) is 5.32 Å². The first-order valence-electron chi connectivity index (χ1n) is 5.87. The van der Waals surface area contributed by atoms with Crippen molar-refractivity contribution < 1.29 is 9.53 Å². The highest BCUT2D eigenvalue weighted by Crippen LogP contribution is 2.23. The van der Waals surface area contributed by atoms with Gasteiger partial charge in [0.05, 0.1) is 6.10 Å². The summed E-state index contributed by atoms with van der Waals surface area (Å²) in [7, 11) is 0. The Balaban J connectivity index is 1.95. The van der Waals surface area contributed by atoms with Crippen LogP contribution in [-0.2, 0) is 9.53 Å². The fraction of sp³-hybridized carbons (Fsp3) is 0.583. The van der Waals surface area contributed by atoms with Gasteiger partial charge in [0.25, 0.3) is 0 Å². The first-order chi connectivity index (χ1) is 8.16. The Morgan fingerprint density at radius 3 is 3.06 bits per heavy atom. The Morgan fingerprint density at radius 2 is 2.53 bits per heavy atom. The van der Waals surface area contributed by atoms with E-state index in [1.54, 1.807) is 11.3 Å². The predicted molar refractivity (Wildman–Crippen MR) is 68.0 cm³/mol. The van der Waals surface area contributed by atoms with Crippen LogP contribution < -0.4 is 11.1 Å². The van der Waals surface area contributed by atoms with E-state index in [1.165, 1.54) is 4.88 Å². The van der Waals surface area contributed by atoms with E-state index in [1.807, 2.05) is 19.1 Å². The van der Waals surface area contributed by atoms with E-state index in [2.05, 4.69) is 5.32 Å². The van der Waals surface area contributed by atoms with Crippen molar-refractivity contribution in [2.75, 3.05) is 13.2 Å². The molecule has 1 aliphatic rings. The summed E-state index contributed by atoms with van der Waals surface area (Å²) in [4.78, 5) is 13.6. The standard InChI is InChI=1S/C12H18N2O2S/c1-8-4-5-10(17-8)11(12(13)15)14-7-9-3-2-6-16-9/h4-5,9,11,14H,2-3,6-7H2,1H3,(H2,13,15). The normalized spacial score (nSPS) is 21.6. The van der Waals surface area contributed by atoms with Crippen LogP contribution in [0.5, 0.6) is 0 Å². The molecule has 2 heterocycles. The first-order valence-corrected chi connectivity index (χ1v) is 6.69. The van der Waals surface area contributed by atoms with Crippen LogP contribution in [0.1, 0.15) is 28.6 Å². The lowest BCUT2D eigenvalue weighted by molar-refractivity contribution is -0.120. The topological polar surface area (TPSA) is 64.3 Å². The molecular weight excluding hydrogens is 236 g/mol. The van der Waals surface area contributed by atoms with Crippen LogP contribution in [0, 0.1) is 6.92 Å². The van der Waals surface area contributed by atoms with Crippen LogP contribution in [0.15, 0.2) is 12.1 Å². The third kappa shape index (κ3) is 3.28. The third-order valence-electron chi connectivity index (χ3n) is 2.90. The maximum Gasteiger partial charge on any atom is 0.239 e. The molecule has 1 aliphatic heterocycles. The van der Waals surface area contributed by atoms with Crippen LogP contribution in [-0.4, -0.2) is 25.2 Å². The summed E-state index contributed by atoms with van der Waals surface area (Å²) in [5, 5.41) is 3.20. The molecule has 2 unspecified atom stereocenters. The van der Waals surface area contributed by atoms with Gasteiger partial charge in [0.15, 0.2) is 0 Å². The highest BCUT2D eigenvalue weighted by atomic mass is 32.1. The number of aryl methyl sites for hydroxylation is 1. The van der Waals surface area contributed by atoms with Crippen LogP contribution in [0.3, 0.4) is 0 Å². The lowest BCUT2D eigenvalue weighted by Crippen LogP contribution is -2.37. The number of carbonyl (C=O) groups excluding carboxylic acids is 1. The second-order valence-corrected chi connectivity index (χ2v) is 5.65. The molecule has 94 valence electrons. The minimum atomic E-state index is -0.391. The third-order valence-corrected chi connectivity index (χ3v) is 3.97. The molecule has 0 aromatic carbocycles. The zero-order chi connectivity index (χ0) is 12.3. The minimum Gasteiger partial charge on any atom is -0.377 e. The van der Waals surface area contributed by atoms with Gasteiger partial charge in [0.1, 0.15) is 6.04 Å². The molecule has 1 amide bonds. The molecular formula is C12H18N2O2S. The highest BCUT2D eigenvalue weighted by molar-refractivity contribution is 7.12. The molecule has 1 aromatic heterocycles. The Hall–Kier alpha value is -0.910. The number of ether oxygens (including phenoxy) is 1. The van der Waals surface area contributed by atoms with Gasteiger partial charge in [0.2, 0.25) is 5.91 Å². The number of amides is 1. The van der Waals surface area contributed by atoms with Crippen LogP contribution in [0.4, 0.5) is 0 Å². The molecule has 0 aliphatic carbocycles. The summed E-state index contributed by atoms with van der Waals surface area (Å²) in [6.45, 7) is 3.53. The highest BCUT2D eigenvalue weighted by Gasteiger charge is 2.22. The molecule has 0 bridgehead atoms. The number of nitrogens with one attached hydrogen (secondary N) is 1. The summed E-state index contributed by atoms with van der Waals surface area (Å²) < 4.78 is 5.51. The van der Waals surface area contributed by atoms with E-state index < -0.39 is 6.04 Å². The maximum absolute atomic E-state index is 11.4. The van der Waals surface area contributed by atoms with Crippen molar-refractivity contribution >= 4 is 17.2 Å². The lowest BCUT2D eigenvalue weighted by atomic mass is 10.2. The van der Waals surface area contributed by atoms with Crippen LogP contribution in [0.25, 0.3) is 0 Å². The van der Waals surface area contributed by atoms with E-state index >= 15 is 0 Å². The zero-order valence-corrected chi connectivity index (χ0v) is 10.8. The molecule has 2 atom stereocenters. The summed E-state index contributed by atoms with van der Waals surface area (Å²) in [6.07, 6.45) is 2.38. The largest absolute Gasteiger partial charge is 0.377 e. The van der Waals surface area contributed by atoms with Gasteiger partial charge >= 0.3 is 0 Å². The van der Waals surface area contributed by atoms with Crippen LogP contribution in [0.2, 0.25) is 0 Å². The molecule has 1 saturated heterocycles. The average Bonchev–Trinajstić information content (AvgIpc) is 2.90. The average molecular weight is 254 g/mol. The molecule has 1 fully saturated rings. The summed E-state index contributed by atoms with van der Waals surface area (Å²) >= 11 is 1.60. The monoisotopic (exact) mass is 254 g/mol. The number of thiophene rings is 1. The van der Waals surface area contributed by atoms with Gasteiger partial charge in [-0.2, -0.15) is 0 Å². The minimum absolute atomic E-state index is 0.220. The molecule has 4 nitrogen and oxygen atoms in total. The van der Waals surface area contributed by atoms with Gasteiger partial charge in [-0.15, -0.1) is 11.3 Å². The second-order valence-electron chi connectivity index (χ2n) is 4.33. The number of hydrogen-bond donors (Lipinski definition) is 2. The lowest BCUT2D eigenvalue weighted by Gasteiger charge is -2.16. The maximum atomic E-state index is 11.4. The van der Waals surface area contributed by atoms with Crippen molar-refractivity contribution in [3.8, 4) is 0 Å². The predicted octanol–water partition coefficient (Wildman–Crippen LogP) is 1.35. The zero-order valence-electron chi connectivity index (χ0n) is 9.94. The van der Waals surface area contributed by atoms with Gasteiger partial charge in [-0.1, -0.05) is 0 Å². The van der Waals surface area contributed by atoms with Gasteiger partial charge < -0.3 is 10.5 Å². The quantitative estimate of drug-likeness (QED) is 0.833. The van der Waals surface area contributed by atoms with Crippen molar-refractivity contribution in [3.63, 3.8) is 0 Å². The Kier molecular flexibility index (Phi) is 4.15. The Bertz CT molecular complexity index is 386. The molecule has 0 saturated carbocycles. The van der Waals surface area contributed by atoms with Crippen molar-refractivity contribution in [2.45, 2.75) is 31.9 Å². The number of carbonyl (C=O) groups is 1. The smallest absolute Gasteiger partial charge is 0.239 e. The number of primary amides is 1. The van der Waals surface area contributed by atoms with Gasteiger partial charge in [-0.3, -0.25) is 10.1 Å². The first kappa shape index (κ1) is 12.5. The molecule has 5 heteroatoms. The molecule has 3 N–H and O–H groups in total. The summed E-state index contributed by atoms with van der Waals surface area (Å²) in [5.74, 6) is -0.329. The van der Waals surface area contributed by atoms with E-state index in [0.29, 0.717) is 6.54 Å². The van der Waals surface area contributed by atoms with Gasteiger partial charge in [-0.25, -0.2) is 0 Å². The molecule has 0 spiro atoms. The number of hydrogen-bond acceptors (Lipinski definition) is 4. The SMILES string of the molecule is Cc1ccc(C(NCC2CCCO2)C(N)=O)s1. The summed E-state index contributed by atoms with van der Waals surface area (Å²) in [5.41, 5.74) is 5.43. The van der Waals surface area contributed by atoms with E-state index in [9.17, 15) is 4.79 Å². The van der Waals surface area contributed by atoms with Crippen molar-refractivity contribution in [2.24, 2.45) is 5.73 Å². The second kappa shape index (κ2) is 5.62. The van der Waals surface area contributed by atoms with E-state index in [-0.39, 0.29) is 12.0 Å². The van der Waals surface area contributed by atoms with Crippen molar-refractivity contribution in [3.05, 3.63) is 21.9 Å². The molecule has 0 radical (unpaired) electrons. The Morgan fingerprint density at radius 1 is 1.71 bits per heavy atom. The molecule has 2 rings (SSSR count). The van der Waals surface area contributed by atoms with Crippen LogP contribution >= 0.6 is 11.3 Å². The number of nitrogens with two attached hydrogens (primary N) is 1. The van der Waals surface area contributed by atoms with E-state index in [0.717, 1.165) is 24.3 Å². The molecule has 17 heavy (non-hydrogen) atoms. The Labute approximate surface area is 105 Å².